The summed E-state index contributed by atoms with van der Waals surface area (Å²) in [5.74, 6) is -0.241. The second kappa shape index (κ2) is 6.47. The van der Waals surface area contributed by atoms with Gasteiger partial charge in [-0.05, 0) is 37.3 Å². The van der Waals surface area contributed by atoms with E-state index in [1.54, 1.807) is 0 Å². The number of halogens is 3. The van der Waals surface area contributed by atoms with Crippen LogP contribution in [0.15, 0.2) is 24.3 Å². The van der Waals surface area contributed by atoms with E-state index < -0.39 is 11.7 Å². The Morgan fingerprint density at radius 2 is 1.90 bits per heavy atom. The second-order valence-electron chi connectivity index (χ2n) is 5.55. The van der Waals surface area contributed by atoms with Crippen LogP contribution in [-0.4, -0.2) is 18.0 Å². The van der Waals surface area contributed by atoms with Crippen molar-refractivity contribution in [3.8, 4) is 0 Å². The van der Waals surface area contributed by atoms with Crippen LogP contribution >= 0.6 is 0 Å². The van der Waals surface area contributed by atoms with Gasteiger partial charge in [-0.2, -0.15) is 13.2 Å². The van der Waals surface area contributed by atoms with Gasteiger partial charge in [0.1, 0.15) is 0 Å². The molecule has 116 valence electrons. The summed E-state index contributed by atoms with van der Waals surface area (Å²) in [6, 6.07) is 5.17. The first-order chi connectivity index (χ1) is 9.84. The highest BCUT2D eigenvalue weighted by Crippen LogP contribution is 2.29. The Kier molecular flexibility index (Phi) is 4.88. The van der Waals surface area contributed by atoms with E-state index >= 15 is 0 Å². The first kappa shape index (κ1) is 15.8. The number of carbonyl (C=O) groups is 1. The molecule has 0 aromatic heterocycles. The van der Waals surface area contributed by atoms with Gasteiger partial charge >= 0.3 is 6.18 Å². The molecule has 0 heterocycles. The summed E-state index contributed by atoms with van der Waals surface area (Å²) in [5.41, 5.74) is 5.43. The first-order valence-electron chi connectivity index (χ1n) is 7.05. The molecule has 1 aromatic rings. The molecule has 0 aliphatic heterocycles. The monoisotopic (exact) mass is 300 g/mol. The molecule has 1 aromatic carbocycles. The zero-order chi connectivity index (χ0) is 15.5. The summed E-state index contributed by atoms with van der Waals surface area (Å²) in [6.07, 6.45) is -1.02. The van der Waals surface area contributed by atoms with Crippen molar-refractivity contribution in [2.24, 2.45) is 5.73 Å². The second-order valence-corrected chi connectivity index (χ2v) is 5.55. The zero-order valence-corrected chi connectivity index (χ0v) is 11.6. The molecule has 1 saturated carbocycles. The zero-order valence-electron chi connectivity index (χ0n) is 11.6. The molecular formula is C15H19F3N2O. The highest BCUT2D eigenvalue weighted by molar-refractivity contribution is 5.78. The maximum atomic E-state index is 12.6. The molecule has 0 saturated heterocycles. The SMILES string of the molecule is NC1CCC(NC(=O)Cc2cccc(C(F)(F)F)c2)CC1. The lowest BCUT2D eigenvalue weighted by Gasteiger charge is -2.26. The Bertz CT molecular complexity index is 494. The molecule has 1 aliphatic carbocycles. The molecular weight excluding hydrogens is 281 g/mol. The molecule has 0 unspecified atom stereocenters. The highest BCUT2D eigenvalue weighted by atomic mass is 19.4. The molecule has 1 fully saturated rings. The van der Waals surface area contributed by atoms with Crippen LogP contribution in [0.3, 0.4) is 0 Å². The van der Waals surface area contributed by atoms with Gasteiger partial charge < -0.3 is 11.1 Å². The van der Waals surface area contributed by atoms with E-state index in [9.17, 15) is 18.0 Å². The van der Waals surface area contributed by atoms with E-state index in [2.05, 4.69) is 5.32 Å². The van der Waals surface area contributed by atoms with E-state index in [4.69, 9.17) is 5.73 Å². The number of nitrogens with two attached hydrogens (primary N) is 1. The van der Waals surface area contributed by atoms with Crippen LogP contribution in [0, 0.1) is 0 Å². The predicted molar refractivity (Wildman–Crippen MR) is 73.5 cm³/mol. The minimum Gasteiger partial charge on any atom is -0.353 e. The maximum absolute atomic E-state index is 12.6. The summed E-state index contributed by atoms with van der Waals surface area (Å²) in [6.45, 7) is 0. The summed E-state index contributed by atoms with van der Waals surface area (Å²) in [4.78, 5) is 11.9. The summed E-state index contributed by atoms with van der Waals surface area (Å²) in [7, 11) is 0. The Morgan fingerprint density at radius 1 is 1.24 bits per heavy atom. The average molecular weight is 300 g/mol. The smallest absolute Gasteiger partial charge is 0.353 e. The maximum Gasteiger partial charge on any atom is 0.416 e. The lowest BCUT2D eigenvalue weighted by molar-refractivity contribution is -0.137. The summed E-state index contributed by atoms with van der Waals surface area (Å²) >= 11 is 0. The quantitative estimate of drug-likeness (QED) is 0.901. The van der Waals surface area contributed by atoms with Gasteiger partial charge in [0.25, 0.3) is 0 Å². The van der Waals surface area contributed by atoms with Crippen molar-refractivity contribution in [1.82, 2.24) is 5.32 Å². The normalized spacial score (nSPS) is 22.9. The molecule has 3 N–H and O–H groups in total. The van der Waals surface area contributed by atoms with E-state index in [-0.39, 0.29) is 24.4 Å². The Morgan fingerprint density at radius 3 is 2.52 bits per heavy atom. The third-order valence-electron chi connectivity index (χ3n) is 3.76. The van der Waals surface area contributed by atoms with Gasteiger partial charge in [0.15, 0.2) is 0 Å². The van der Waals surface area contributed by atoms with Crippen LogP contribution in [0.5, 0.6) is 0 Å². The Balaban J connectivity index is 1.91. The fraction of sp³-hybridized carbons (Fsp3) is 0.533. The molecule has 0 radical (unpaired) electrons. The van der Waals surface area contributed by atoms with E-state index in [1.807, 2.05) is 0 Å². The molecule has 1 aliphatic rings. The van der Waals surface area contributed by atoms with Crippen LogP contribution in [0.25, 0.3) is 0 Å². The van der Waals surface area contributed by atoms with E-state index in [1.165, 1.54) is 12.1 Å². The molecule has 3 nitrogen and oxygen atoms in total. The van der Waals surface area contributed by atoms with Gasteiger partial charge in [-0.3, -0.25) is 4.79 Å². The van der Waals surface area contributed by atoms with Gasteiger partial charge in [-0.25, -0.2) is 0 Å². The van der Waals surface area contributed by atoms with Crippen molar-refractivity contribution in [2.75, 3.05) is 0 Å². The Labute approximate surface area is 121 Å². The van der Waals surface area contributed by atoms with Crippen molar-refractivity contribution < 1.29 is 18.0 Å². The number of hydrogen-bond donors (Lipinski definition) is 2. The number of benzene rings is 1. The summed E-state index contributed by atoms with van der Waals surface area (Å²) < 4.78 is 37.8. The van der Waals surface area contributed by atoms with Crippen molar-refractivity contribution in [1.29, 1.82) is 0 Å². The van der Waals surface area contributed by atoms with Gasteiger partial charge in [0, 0.05) is 12.1 Å². The predicted octanol–water partition coefficient (Wildman–Crippen LogP) is 2.63. The van der Waals surface area contributed by atoms with Gasteiger partial charge in [0.2, 0.25) is 5.91 Å². The number of amides is 1. The van der Waals surface area contributed by atoms with Crippen LogP contribution in [0.2, 0.25) is 0 Å². The van der Waals surface area contributed by atoms with Gasteiger partial charge in [-0.1, -0.05) is 18.2 Å². The fourth-order valence-electron chi connectivity index (χ4n) is 2.59. The fourth-order valence-corrected chi connectivity index (χ4v) is 2.59. The first-order valence-corrected chi connectivity index (χ1v) is 7.05. The van der Waals surface area contributed by atoms with Gasteiger partial charge in [-0.15, -0.1) is 0 Å². The van der Waals surface area contributed by atoms with Crippen LogP contribution in [0.4, 0.5) is 13.2 Å². The Hall–Kier alpha value is -1.56. The molecule has 0 bridgehead atoms. The number of rotatable bonds is 3. The standard InChI is InChI=1S/C15H19F3N2O/c16-15(17,18)11-3-1-2-10(8-11)9-14(21)20-13-6-4-12(19)5-7-13/h1-3,8,12-13H,4-7,9,19H2,(H,20,21). The van der Waals surface area contributed by atoms with Gasteiger partial charge in [0.05, 0.1) is 12.0 Å². The number of carbonyl (C=O) groups excluding carboxylic acids is 1. The van der Waals surface area contributed by atoms with E-state index in [0.29, 0.717) is 5.56 Å². The van der Waals surface area contributed by atoms with Crippen molar-refractivity contribution in [3.05, 3.63) is 35.4 Å². The molecule has 0 atom stereocenters. The van der Waals surface area contributed by atoms with E-state index in [0.717, 1.165) is 37.8 Å². The molecule has 6 heteroatoms. The molecule has 0 spiro atoms. The molecule has 1 amide bonds. The third-order valence-corrected chi connectivity index (χ3v) is 3.76. The highest BCUT2D eigenvalue weighted by Gasteiger charge is 2.30. The average Bonchev–Trinajstić information content (AvgIpc) is 2.41. The van der Waals surface area contributed by atoms with Crippen LogP contribution < -0.4 is 11.1 Å². The number of nitrogens with one attached hydrogen (secondary N) is 1. The van der Waals surface area contributed by atoms with Crippen molar-refractivity contribution in [2.45, 2.75) is 50.4 Å². The number of alkyl halides is 3. The van der Waals surface area contributed by atoms with Crippen molar-refractivity contribution >= 4 is 5.91 Å². The third kappa shape index (κ3) is 4.74. The molecule has 21 heavy (non-hydrogen) atoms. The molecule has 2 rings (SSSR count). The largest absolute Gasteiger partial charge is 0.416 e. The minimum atomic E-state index is -4.38. The minimum absolute atomic E-state index is 0.0352. The van der Waals surface area contributed by atoms with Crippen LogP contribution in [0.1, 0.15) is 36.8 Å². The lowest BCUT2D eigenvalue weighted by atomic mass is 9.91. The lowest BCUT2D eigenvalue weighted by Crippen LogP contribution is -2.41. The van der Waals surface area contributed by atoms with Crippen LogP contribution in [-0.2, 0) is 17.4 Å². The summed E-state index contributed by atoms with van der Waals surface area (Å²) in [5, 5.41) is 2.87. The van der Waals surface area contributed by atoms with Crippen molar-refractivity contribution in [3.63, 3.8) is 0 Å². The number of hydrogen-bond acceptors (Lipinski definition) is 2. The topological polar surface area (TPSA) is 55.1 Å².